The van der Waals surface area contributed by atoms with Crippen molar-refractivity contribution in [2.24, 2.45) is 5.92 Å². The van der Waals surface area contributed by atoms with Crippen LogP contribution in [0.1, 0.15) is 45.4 Å². The first-order valence-corrected chi connectivity index (χ1v) is 10.1. The molecule has 4 nitrogen and oxygen atoms in total. The van der Waals surface area contributed by atoms with E-state index in [2.05, 4.69) is 10.2 Å². The molecule has 0 spiro atoms. The molecule has 1 unspecified atom stereocenters. The van der Waals surface area contributed by atoms with Gasteiger partial charge >= 0.3 is 0 Å². The molecule has 1 saturated heterocycles. The maximum absolute atomic E-state index is 11.8. The van der Waals surface area contributed by atoms with Gasteiger partial charge in [-0.2, -0.15) is 0 Å². The number of nitrogens with one attached hydrogen (secondary N) is 1. The van der Waals surface area contributed by atoms with Crippen molar-refractivity contribution in [1.82, 2.24) is 10.2 Å². The first kappa shape index (κ1) is 16.2. The van der Waals surface area contributed by atoms with Crippen LogP contribution in [0.25, 0.3) is 0 Å². The van der Waals surface area contributed by atoms with Crippen LogP contribution in [0, 0.1) is 5.92 Å². The maximum atomic E-state index is 11.8. The molecule has 0 bridgehead atoms. The standard InChI is InChI=1S/C15H30N2O2S/c1-2-11-20(18,19)12-10-17-9-8-16-15(13-17)14-6-4-3-5-7-14/h14-16H,2-13H2,1H3. The normalized spacial score (nSPS) is 26.8. The van der Waals surface area contributed by atoms with Gasteiger partial charge in [-0.25, -0.2) is 8.42 Å². The zero-order chi connectivity index (χ0) is 14.4. The molecule has 0 aromatic carbocycles. The molecule has 1 N–H and O–H groups in total. The van der Waals surface area contributed by atoms with E-state index in [0.717, 1.165) is 32.0 Å². The first-order chi connectivity index (χ1) is 9.61. The van der Waals surface area contributed by atoms with Crippen molar-refractivity contribution < 1.29 is 8.42 Å². The van der Waals surface area contributed by atoms with Crippen molar-refractivity contribution in [2.75, 3.05) is 37.7 Å². The molecule has 118 valence electrons. The summed E-state index contributed by atoms with van der Waals surface area (Å²) in [6.07, 6.45) is 7.55. The molecule has 0 aromatic rings. The summed E-state index contributed by atoms with van der Waals surface area (Å²) in [5.41, 5.74) is 0. The Balaban J connectivity index is 1.78. The third-order valence-electron chi connectivity index (χ3n) is 4.74. The summed E-state index contributed by atoms with van der Waals surface area (Å²) in [6.45, 7) is 5.68. The zero-order valence-corrected chi connectivity index (χ0v) is 13.6. The molecule has 0 aromatic heterocycles. The third kappa shape index (κ3) is 5.01. The molecular formula is C15H30N2O2S. The van der Waals surface area contributed by atoms with Crippen molar-refractivity contribution in [3.05, 3.63) is 0 Å². The van der Waals surface area contributed by atoms with Crippen LogP contribution >= 0.6 is 0 Å². The number of nitrogens with zero attached hydrogens (tertiary/aromatic N) is 1. The largest absolute Gasteiger partial charge is 0.311 e. The van der Waals surface area contributed by atoms with Crippen molar-refractivity contribution in [3.63, 3.8) is 0 Å². The van der Waals surface area contributed by atoms with Crippen molar-refractivity contribution >= 4 is 9.84 Å². The minimum Gasteiger partial charge on any atom is -0.311 e. The van der Waals surface area contributed by atoms with Crippen molar-refractivity contribution in [3.8, 4) is 0 Å². The molecule has 0 radical (unpaired) electrons. The van der Waals surface area contributed by atoms with Crippen LogP contribution in [0.2, 0.25) is 0 Å². The lowest BCUT2D eigenvalue weighted by Gasteiger charge is -2.39. The molecule has 2 aliphatic rings. The quantitative estimate of drug-likeness (QED) is 0.811. The van der Waals surface area contributed by atoms with Crippen LogP contribution in [0.3, 0.4) is 0 Å². The van der Waals surface area contributed by atoms with Gasteiger partial charge in [-0.1, -0.05) is 26.2 Å². The molecule has 1 saturated carbocycles. The fourth-order valence-corrected chi connectivity index (χ4v) is 4.94. The Morgan fingerprint density at radius 3 is 2.60 bits per heavy atom. The third-order valence-corrected chi connectivity index (χ3v) is 6.58. The predicted molar refractivity (Wildman–Crippen MR) is 83.8 cm³/mol. The lowest BCUT2D eigenvalue weighted by atomic mass is 9.83. The van der Waals surface area contributed by atoms with E-state index in [9.17, 15) is 8.42 Å². The average molecular weight is 302 g/mol. The second-order valence-electron chi connectivity index (χ2n) is 6.41. The van der Waals surface area contributed by atoms with Crippen LogP contribution < -0.4 is 5.32 Å². The highest BCUT2D eigenvalue weighted by molar-refractivity contribution is 7.91. The Morgan fingerprint density at radius 2 is 1.90 bits per heavy atom. The number of rotatable bonds is 6. The Morgan fingerprint density at radius 1 is 1.15 bits per heavy atom. The Bertz CT molecular complexity index is 377. The minimum absolute atomic E-state index is 0.332. The van der Waals surface area contributed by atoms with E-state index in [1.165, 1.54) is 32.1 Å². The van der Waals surface area contributed by atoms with Crippen molar-refractivity contribution in [2.45, 2.75) is 51.5 Å². The summed E-state index contributed by atoms with van der Waals surface area (Å²) in [5.74, 6) is 1.47. The van der Waals surface area contributed by atoms with Gasteiger partial charge in [0.25, 0.3) is 0 Å². The predicted octanol–water partition coefficient (Wildman–Crippen LogP) is 1.67. The van der Waals surface area contributed by atoms with Crippen LogP contribution in [-0.2, 0) is 9.84 Å². The summed E-state index contributed by atoms with van der Waals surface area (Å²) in [4.78, 5) is 2.35. The van der Waals surface area contributed by atoms with Gasteiger partial charge in [-0.3, -0.25) is 4.90 Å². The number of hydrogen-bond acceptors (Lipinski definition) is 4. The number of hydrogen-bond donors (Lipinski definition) is 1. The fraction of sp³-hybridized carbons (Fsp3) is 1.00. The fourth-order valence-electron chi connectivity index (χ4n) is 3.58. The minimum atomic E-state index is -2.84. The van der Waals surface area contributed by atoms with Crippen LogP contribution in [0.5, 0.6) is 0 Å². The highest BCUT2D eigenvalue weighted by Crippen LogP contribution is 2.27. The molecule has 1 aliphatic carbocycles. The SMILES string of the molecule is CCCS(=O)(=O)CCN1CCNC(C2CCCCC2)C1. The summed E-state index contributed by atoms with van der Waals surface area (Å²) in [5, 5.41) is 3.65. The average Bonchev–Trinajstić information content (AvgIpc) is 2.47. The van der Waals surface area contributed by atoms with Gasteiger partial charge in [0, 0.05) is 38.0 Å². The number of piperazine rings is 1. The molecule has 20 heavy (non-hydrogen) atoms. The van der Waals surface area contributed by atoms with Gasteiger partial charge in [0.15, 0.2) is 9.84 Å². The summed E-state index contributed by atoms with van der Waals surface area (Å²) in [7, 11) is -2.84. The summed E-state index contributed by atoms with van der Waals surface area (Å²) < 4.78 is 23.6. The molecule has 5 heteroatoms. The van der Waals surface area contributed by atoms with E-state index in [-0.39, 0.29) is 0 Å². The summed E-state index contributed by atoms with van der Waals surface area (Å²) >= 11 is 0. The van der Waals surface area contributed by atoms with E-state index < -0.39 is 9.84 Å². The monoisotopic (exact) mass is 302 g/mol. The van der Waals surface area contributed by atoms with E-state index in [1.807, 2.05) is 6.92 Å². The van der Waals surface area contributed by atoms with Gasteiger partial charge in [0.2, 0.25) is 0 Å². The van der Waals surface area contributed by atoms with Gasteiger partial charge in [-0.05, 0) is 25.2 Å². The molecule has 2 fully saturated rings. The molecule has 1 atom stereocenters. The molecule has 1 heterocycles. The smallest absolute Gasteiger partial charge is 0.151 e. The van der Waals surface area contributed by atoms with Crippen LogP contribution in [0.4, 0.5) is 0 Å². The second kappa shape index (κ2) is 7.76. The van der Waals surface area contributed by atoms with E-state index in [0.29, 0.717) is 24.1 Å². The Hall–Kier alpha value is -0.130. The van der Waals surface area contributed by atoms with Crippen LogP contribution in [0.15, 0.2) is 0 Å². The lowest BCUT2D eigenvalue weighted by Crippen LogP contribution is -2.54. The van der Waals surface area contributed by atoms with E-state index in [1.54, 1.807) is 0 Å². The van der Waals surface area contributed by atoms with Gasteiger partial charge < -0.3 is 5.32 Å². The summed E-state index contributed by atoms with van der Waals surface area (Å²) in [6, 6.07) is 0.581. The van der Waals surface area contributed by atoms with E-state index in [4.69, 9.17) is 0 Å². The second-order valence-corrected chi connectivity index (χ2v) is 8.71. The molecule has 2 rings (SSSR count). The van der Waals surface area contributed by atoms with Gasteiger partial charge in [0.05, 0.1) is 5.75 Å². The van der Waals surface area contributed by atoms with E-state index >= 15 is 0 Å². The van der Waals surface area contributed by atoms with Crippen molar-refractivity contribution in [1.29, 1.82) is 0 Å². The molecular weight excluding hydrogens is 272 g/mol. The lowest BCUT2D eigenvalue weighted by molar-refractivity contribution is 0.152. The Kier molecular flexibility index (Phi) is 6.30. The zero-order valence-electron chi connectivity index (χ0n) is 12.8. The van der Waals surface area contributed by atoms with Crippen LogP contribution in [-0.4, -0.2) is 57.0 Å². The molecule has 1 aliphatic heterocycles. The highest BCUT2D eigenvalue weighted by atomic mass is 32.2. The van der Waals surface area contributed by atoms with Gasteiger partial charge in [0.1, 0.15) is 0 Å². The Labute approximate surface area is 124 Å². The number of sulfone groups is 1. The topological polar surface area (TPSA) is 49.4 Å². The first-order valence-electron chi connectivity index (χ1n) is 8.27. The highest BCUT2D eigenvalue weighted by Gasteiger charge is 2.28. The van der Waals surface area contributed by atoms with Gasteiger partial charge in [-0.15, -0.1) is 0 Å². The molecule has 0 amide bonds. The maximum Gasteiger partial charge on any atom is 0.151 e.